The lowest BCUT2D eigenvalue weighted by Gasteiger charge is -2.29. The third-order valence-corrected chi connectivity index (χ3v) is 8.54. The Bertz CT molecular complexity index is 1230. The highest BCUT2D eigenvalue weighted by atomic mass is 32.2. The van der Waals surface area contributed by atoms with Crippen LogP contribution in [-0.2, 0) is 30.6 Å². The maximum Gasteiger partial charge on any atom is 0.233 e. The number of aromatic nitrogens is 2. The first-order valence-corrected chi connectivity index (χ1v) is 13.0. The average molecular weight is 485 g/mol. The number of ether oxygens (including phenoxy) is 2. The third kappa shape index (κ3) is 4.24. The number of rotatable bonds is 5. The Morgan fingerprint density at radius 1 is 1.21 bits per heavy atom. The lowest BCUT2D eigenvalue weighted by Crippen LogP contribution is -2.37. The van der Waals surface area contributed by atoms with E-state index < -0.39 is 0 Å². The quantitative estimate of drug-likeness (QED) is 0.431. The van der Waals surface area contributed by atoms with Crippen LogP contribution in [-0.4, -0.2) is 47.3 Å². The number of anilines is 1. The van der Waals surface area contributed by atoms with Gasteiger partial charge in [-0.2, -0.15) is 0 Å². The summed E-state index contributed by atoms with van der Waals surface area (Å²) in [5, 5.41) is 1.60. The number of methoxy groups -OCH3 is 2. The summed E-state index contributed by atoms with van der Waals surface area (Å²) in [4.78, 5) is 26.5. The van der Waals surface area contributed by atoms with Crippen molar-refractivity contribution in [3.8, 4) is 11.5 Å². The van der Waals surface area contributed by atoms with Gasteiger partial charge in [0.05, 0.1) is 25.4 Å². The van der Waals surface area contributed by atoms with Crippen molar-refractivity contribution in [2.24, 2.45) is 5.92 Å². The van der Waals surface area contributed by atoms with Gasteiger partial charge in [-0.3, -0.25) is 4.79 Å². The summed E-state index contributed by atoms with van der Waals surface area (Å²) in [7, 11) is 3.26. The molecule has 1 atom stereocenters. The number of hydrogen-bond acceptors (Lipinski definition) is 8. The molecular formula is C24H28N4O3S2. The van der Waals surface area contributed by atoms with Crippen LogP contribution in [0.3, 0.4) is 0 Å². The SMILES string of the molecule is COc1cc2c(cc1OC)CN(C(=O)CSc1nc(N)c3c4c(sc3n1)CC(C)CC4)CC2. The van der Waals surface area contributed by atoms with Crippen LogP contribution >= 0.6 is 23.1 Å². The van der Waals surface area contributed by atoms with Crippen LogP contribution in [0.1, 0.15) is 34.9 Å². The number of fused-ring (bicyclic) bond motifs is 4. The van der Waals surface area contributed by atoms with E-state index in [-0.39, 0.29) is 11.7 Å². The Morgan fingerprint density at radius 3 is 2.73 bits per heavy atom. The van der Waals surface area contributed by atoms with Crippen LogP contribution in [0.2, 0.25) is 0 Å². The van der Waals surface area contributed by atoms with Gasteiger partial charge < -0.3 is 20.1 Å². The predicted molar refractivity (Wildman–Crippen MR) is 132 cm³/mol. The van der Waals surface area contributed by atoms with Gasteiger partial charge in [0, 0.05) is 18.0 Å². The van der Waals surface area contributed by atoms with Gasteiger partial charge in [-0.1, -0.05) is 18.7 Å². The standard InChI is InChI=1S/C24H28N4O3S2/c1-13-4-5-16-19(8-13)33-23-21(16)22(25)26-24(27-23)32-12-20(29)28-7-6-14-9-17(30-2)18(31-3)10-15(14)11-28/h9-10,13H,4-8,11-12H2,1-3H3,(H2,25,26,27). The lowest BCUT2D eigenvalue weighted by atomic mass is 9.89. The van der Waals surface area contributed by atoms with E-state index in [1.54, 1.807) is 25.6 Å². The molecule has 2 aliphatic rings. The molecule has 33 heavy (non-hydrogen) atoms. The Labute approximate surface area is 201 Å². The molecule has 1 aromatic carbocycles. The minimum Gasteiger partial charge on any atom is -0.493 e. The zero-order valence-electron chi connectivity index (χ0n) is 19.1. The maximum absolute atomic E-state index is 13.0. The number of nitrogens with two attached hydrogens (primary N) is 1. The summed E-state index contributed by atoms with van der Waals surface area (Å²) in [6, 6.07) is 3.98. The molecular weight excluding hydrogens is 456 g/mol. The van der Waals surface area contributed by atoms with Crippen molar-refractivity contribution in [2.75, 3.05) is 32.3 Å². The molecule has 1 unspecified atom stereocenters. The molecule has 0 spiro atoms. The second-order valence-electron chi connectivity index (χ2n) is 8.75. The van der Waals surface area contributed by atoms with Crippen molar-refractivity contribution in [1.82, 2.24) is 14.9 Å². The highest BCUT2D eigenvalue weighted by molar-refractivity contribution is 7.99. The monoisotopic (exact) mass is 484 g/mol. The molecule has 0 bridgehead atoms. The van der Waals surface area contributed by atoms with Crippen molar-refractivity contribution in [1.29, 1.82) is 0 Å². The molecule has 2 N–H and O–H groups in total. The van der Waals surface area contributed by atoms with Crippen molar-refractivity contribution in [3.63, 3.8) is 0 Å². The molecule has 3 heterocycles. The first-order valence-electron chi connectivity index (χ1n) is 11.2. The minimum absolute atomic E-state index is 0.0713. The number of thioether (sulfide) groups is 1. The number of nitrogens with zero attached hydrogens (tertiary/aromatic N) is 3. The van der Waals surface area contributed by atoms with Gasteiger partial charge in [0.15, 0.2) is 16.7 Å². The lowest BCUT2D eigenvalue weighted by molar-refractivity contribution is -0.129. The van der Waals surface area contributed by atoms with E-state index in [1.165, 1.54) is 34.2 Å². The number of amides is 1. The Kier molecular flexibility index (Phi) is 6.09. The molecule has 174 valence electrons. The minimum atomic E-state index is 0.0713. The summed E-state index contributed by atoms with van der Waals surface area (Å²) in [6.45, 7) is 3.54. The molecule has 0 radical (unpaired) electrons. The average Bonchev–Trinajstić information content (AvgIpc) is 3.18. The molecule has 2 aromatic heterocycles. The molecule has 0 saturated carbocycles. The van der Waals surface area contributed by atoms with Crippen LogP contribution in [0.15, 0.2) is 17.3 Å². The van der Waals surface area contributed by atoms with Crippen LogP contribution in [0, 0.1) is 5.92 Å². The van der Waals surface area contributed by atoms with Gasteiger partial charge in [0.25, 0.3) is 0 Å². The number of nitrogen functional groups attached to an aromatic ring is 1. The van der Waals surface area contributed by atoms with E-state index in [0.29, 0.717) is 35.7 Å². The van der Waals surface area contributed by atoms with Gasteiger partial charge in [-0.05, 0) is 60.4 Å². The fourth-order valence-corrected chi connectivity index (χ4v) is 6.93. The summed E-state index contributed by atoms with van der Waals surface area (Å²) >= 11 is 3.09. The molecule has 1 aliphatic heterocycles. The van der Waals surface area contributed by atoms with Gasteiger partial charge in [-0.15, -0.1) is 11.3 Å². The normalized spacial score (nSPS) is 17.5. The van der Waals surface area contributed by atoms with Crippen LogP contribution in [0.4, 0.5) is 5.82 Å². The first kappa shape index (κ1) is 22.3. The van der Waals surface area contributed by atoms with Gasteiger partial charge >= 0.3 is 0 Å². The highest BCUT2D eigenvalue weighted by Crippen LogP contribution is 2.40. The molecule has 0 saturated heterocycles. The topological polar surface area (TPSA) is 90.6 Å². The molecule has 9 heteroatoms. The van der Waals surface area contributed by atoms with E-state index in [0.717, 1.165) is 40.8 Å². The zero-order chi connectivity index (χ0) is 23.1. The molecule has 5 rings (SSSR count). The second kappa shape index (κ2) is 9.02. The Balaban J connectivity index is 1.29. The number of hydrogen-bond donors (Lipinski definition) is 1. The van der Waals surface area contributed by atoms with Crippen molar-refractivity contribution in [2.45, 2.75) is 44.3 Å². The van der Waals surface area contributed by atoms with Crippen LogP contribution in [0.25, 0.3) is 10.2 Å². The molecule has 1 aliphatic carbocycles. The van der Waals surface area contributed by atoms with E-state index >= 15 is 0 Å². The molecule has 7 nitrogen and oxygen atoms in total. The number of carbonyl (C=O) groups excluding carboxylic acids is 1. The van der Waals surface area contributed by atoms with Crippen LogP contribution < -0.4 is 15.2 Å². The van der Waals surface area contributed by atoms with Crippen molar-refractivity contribution >= 4 is 45.0 Å². The summed E-state index contributed by atoms with van der Waals surface area (Å²) in [5.74, 6) is 3.00. The largest absolute Gasteiger partial charge is 0.493 e. The van der Waals surface area contributed by atoms with Gasteiger partial charge in [-0.25, -0.2) is 9.97 Å². The smallest absolute Gasteiger partial charge is 0.233 e. The second-order valence-corrected chi connectivity index (χ2v) is 10.8. The van der Waals surface area contributed by atoms with Crippen molar-refractivity contribution in [3.05, 3.63) is 33.7 Å². The molecule has 1 amide bonds. The van der Waals surface area contributed by atoms with E-state index in [1.807, 2.05) is 17.0 Å². The first-order chi connectivity index (χ1) is 16.0. The number of benzene rings is 1. The Morgan fingerprint density at radius 2 is 1.97 bits per heavy atom. The van der Waals surface area contributed by atoms with E-state index in [2.05, 4.69) is 11.9 Å². The summed E-state index contributed by atoms with van der Waals surface area (Å²) < 4.78 is 10.8. The number of thiophene rings is 1. The fraction of sp³-hybridized carbons (Fsp3) is 0.458. The molecule has 0 fully saturated rings. The number of aryl methyl sites for hydroxylation is 1. The van der Waals surface area contributed by atoms with E-state index in [9.17, 15) is 4.79 Å². The summed E-state index contributed by atoms with van der Waals surface area (Å²) in [5.41, 5.74) is 9.96. The predicted octanol–water partition coefficient (Wildman–Crippen LogP) is 4.09. The molecule has 3 aromatic rings. The van der Waals surface area contributed by atoms with Crippen molar-refractivity contribution < 1.29 is 14.3 Å². The van der Waals surface area contributed by atoms with Gasteiger partial charge in [0.2, 0.25) is 5.91 Å². The van der Waals surface area contributed by atoms with Crippen LogP contribution in [0.5, 0.6) is 11.5 Å². The fourth-order valence-electron chi connectivity index (χ4n) is 4.73. The summed E-state index contributed by atoms with van der Waals surface area (Å²) in [6.07, 6.45) is 4.10. The highest BCUT2D eigenvalue weighted by Gasteiger charge is 2.25. The number of carbonyl (C=O) groups is 1. The Hall–Kier alpha value is -2.52. The maximum atomic E-state index is 13.0. The van der Waals surface area contributed by atoms with Gasteiger partial charge in [0.1, 0.15) is 10.6 Å². The third-order valence-electron chi connectivity index (χ3n) is 6.56. The van der Waals surface area contributed by atoms with E-state index in [4.69, 9.17) is 20.2 Å². The zero-order valence-corrected chi connectivity index (χ0v) is 20.8.